The molecule has 3 aromatic carbocycles. The fourth-order valence-corrected chi connectivity index (χ4v) is 4.72. The van der Waals surface area contributed by atoms with Gasteiger partial charge in [-0.1, -0.05) is 36.4 Å². The van der Waals surface area contributed by atoms with Crippen LogP contribution < -0.4 is 4.74 Å². The summed E-state index contributed by atoms with van der Waals surface area (Å²) >= 11 is 1.87. The molecule has 142 valence electrons. The summed E-state index contributed by atoms with van der Waals surface area (Å²) in [6.45, 7) is 0. The first-order chi connectivity index (χ1) is 14.3. The van der Waals surface area contributed by atoms with Gasteiger partial charge in [0, 0.05) is 16.0 Å². The quantitative estimate of drug-likeness (QED) is 0.369. The van der Waals surface area contributed by atoms with Crippen LogP contribution in [0, 0.1) is 5.82 Å². The predicted molar refractivity (Wildman–Crippen MR) is 118 cm³/mol. The van der Waals surface area contributed by atoms with Crippen molar-refractivity contribution < 1.29 is 9.13 Å². The largest absolute Gasteiger partial charge is 0.457 e. The molecular formula is C25H18FNOS. The van der Waals surface area contributed by atoms with Gasteiger partial charge in [0.25, 0.3) is 0 Å². The van der Waals surface area contributed by atoms with E-state index in [1.165, 1.54) is 22.6 Å². The molecule has 0 unspecified atom stereocenters. The Morgan fingerprint density at radius 1 is 0.897 bits per heavy atom. The van der Waals surface area contributed by atoms with Crippen molar-refractivity contribution in [2.75, 3.05) is 5.75 Å². The first-order valence-electron chi connectivity index (χ1n) is 9.52. The molecule has 0 spiro atoms. The molecule has 4 aromatic rings. The molecule has 2 heterocycles. The molecular weight excluding hydrogens is 381 g/mol. The van der Waals surface area contributed by atoms with E-state index in [0.717, 1.165) is 45.8 Å². The lowest BCUT2D eigenvalue weighted by atomic mass is 10.1. The zero-order valence-electron chi connectivity index (χ0n) is 15.6. The van der Waals surface area contributed by atoms with Crippen LogP contribution in [0.25, 0.3) is 23.1 Å². The monoisotopic (exact) mass is 399 g/mol. The number of nitrogens with zero attached hydrogens (tertiary/aromatic N) is 1. The van der Waals surface area contributed by atoms with Gasteiger partial charge in [-0.15, -0.1) is 11.8 Å². The summed E-state index contributed by atoms with van der Waals surface area (Å²) in [5.74, 6) is 2.46. The molecule has 29 heavy (non-hydrogen) atoms. The highest BCUT2D eigenvalue weighted by molar-refractivity contribution is 7.99. The van der Waals surface area contributed by atoms with Crippen molar-refractivity contribution in [1.29, 1.82) is 0 Å². The van der Waals surface area contributed by atoms with Gasteiger partial charge in [0.1, 0.15) is 17.3 Å². The van der Waals surface area contributed by atoms with Gasteiger partial charge in [-0.25, -0.2) is 9.37 Å². The van der Waals surface area contributed by atoms with Gasteiger partial charge < -0.3 is 4.74 Å². The molecule has 0 saturated carbocycles. The molecule has 5 rings (SSSR count). The van der Waals surface area contributed by atoms with Crippen molar-refractivity contribution >= 4 is 34.8 Å². The maximum atomic E-state index is 13.1. The van der Waals surface area contributed by atoms with Crippen LogP contribution in [0.15, 0.2) is 77.7 Å². The average Bonchev–Trinajstić information content (AvgIpc) is 3.25. The van der Waals surface area contributed by atoms with Crippen molar-refractivity contribution in [3.05, 3.63) is 95.4 Å². The molecule has 4 heteroatoms. The topological polar surface area (TPSA) is 22.1 Å². The number of hydrogen-bond acceptors (Lipinski definition) is 3. The van der Waals surface area contributed by atoms with Crippen LogP contribution in [-0.2, 0) is 6.42 Å². The Hall–Kier alpha value is -3.11. The third kappa shape index (κ3) is 3.76. The number of halogens is 1. The molecule has 0 saturated heterocycles. The predicted octanol–water partition coefficient (Wildman–Crippen LogP) is 6.98. The summed E-state index contributed by atoms with van der Waals surface area (Å²) in [5, 5.41) is 1.13. The van der Waals surface area contributed by atoms with Gasteiger partial charge in [-0.05, 0) is 66.1 Å². The fraction of sp³-hybridized carbons (Fsp3) is 0.0800. The Kier molecular flexibility index (Phi) is 4.78. The van der Waals surface area contributed by atoms with Gasteiger partial charge in [0.2, 0.25) is 0 Å². The van der Waals surface area contributed by atoms with Crippen molar-refractivity contribution in [2.45, 2.75) is 11.3 Å². The minimum atomic E-state index is -0.225. The SMILES string of the molecule is Fc1ccc(/C=C/c2nc3ccc(Oc4ccccc4)cc3c3c2CCS3)cc1. The molecule has 0 fully saturated rings. The standard InChI is InChI=1S/C25H18FNOS/c26-18-9-6-17(7-10-18)8-12-23-21-14-15-29-25(21)22-16-20(11-13-24(22)27-23)28-19-4-2-1-3-5-19/h1-13,16H,14-15H2/b12-8+. The summed E-state index contributed by atoms with van der Waals surface area (Å²) in [6.07, 6.45) is 5.02. The highest BCUT2D eigenvalue weighted by Gasteiger charge is 2.20. The minimum absolute atomic E-state index is 0.225. The average molecular weight is 399 g/mol. The van der Waals surface area contributed by atoms with Crippen LogP contribution in [-0.4, -0.2) is 10.7 Å². The van der Waals surface area contributed by atoms with Crippen molar-refractivity contribution in [3.63, 3.8) is 0 Å². The van der Waals surface area contributed by atoms with E-state index in [0.29, 0.717) is 0 Å². The van der Waals surface area contributed by atoms with Gasteiger partial charge >= 0.3 is 0 Å². The molecule has 0 bridgehead atoms. The van der Waals surface area contributed by atoms with E-state index in [2.05, 4.69) is 6.07 Å². The lowest BCUT2D eigenvalue weighted by Crippen LogP contribution is -1.94. The lowest BCUT2D eigenvalue weighted by molar-refractivity contribution is 0.483. The molecule has 0 aliphatic carbocycles. The first-order valence-corrected chi connectivity index (χ1v) is 10.5. The maximum Gasteiger partial charge on any atom is 0.128 e. The highest BCUT2D eigenvalue weighted by atomic mass is 32.2. The van der Waals surface area contributed by atoms with Crippen LogP contribution in [0.5, 0.6) is 11.5 Å². The first kappa shape index (κ1) is 18.0. The number of aromatic nitrogens is 1. The molecule has 1 aliphatic heterocycles. The molecule has 0 N–H and O–H groups in total. The molecule has 2 nitrogen and oxygen atoms in total. The fourth-order valence-electron chi connectivity index (χ4n) is 3.51. The van der Waals surface area contributed by atoms with Gasteiger partial charge in [-0.3, -0.25) is 0 Å². The van der Waals surface area contributed by atoms with E-state index >= 15 is 0 Å². The van der Waals surface area contributed by atoms with Crippen LogP contribution in [0.1, 0.15) is 16.8 Å². The van der Waals surface area contributed by atoms with Crippen LogP contribution in [0.3, 0.4) is 0 Å². The number of hydrogen-bond donors (Lipinski definition) is 0. The van der Waals surface area contributed by atoms with E-state index in [1.54, 1.807) is 12.1 Å². The highest BCUT2D eigenvalue weighted by Crippen LogP contribution is 2.40. The Morgan fingerprint density at radius 3 is 2.55 bits per heavy atom. The molecule has 1 aliphatic rings. The number of thioether (sulfide) groups is 1. The second-order valence-corrected chi connectivity index (χ2v) is 7.99. The van der Waals surface area contributed by atoms with Crippen molar-refractivity contribution in [2.24, 2.45) is 0 Å². The second kappa shape index (κ2) is 7.72. The normalized spacial score (nSPS) is 13.1. The number of pyridine rings is 1. The molecule has 0 radical (unpaired) electrons. The number of ether oxygens (including phenoxy) is 1. The Balaban J connectivity index is 1.52. The van der Waals surface area contributed by atoms with Crippen LogP contribution >= 0.6 is 11.8 Å². The second-order valence-electron chi connectivity index (χ2n) is 6.88. The van der Waals surface area contributed by atoms with Gasteiger partial charge in [0.15, 0.2) is 0 Å². The van der Waals surface area contributed by atoms with E-state index < -0.39 is 0 Å². The van der Waals surface area contributed by atoms with E-state index in [-0.39, 0.29) is 5.82 Å². The number of fused-ring (bicyclic) bond motifs is 3. The van der Waals surface area contributed by atoms with E-state index in [9.17, 15) is 4.39 Å². The zero-order chi connectivity index (χ0) is 19.6. The van der Waals surface area contributed by atoms with Gasteiger partial charge in [-0.2, -0.15) is 0 Å². The lowest BCUT2D eigenvalue weighted by Gasteiger charge is -2.11. The Bertz CT molecular complexity index is 1200. The third-order valence-corrected chi connectivity index (χ3v) is 6.08. The maximum absolute atomic E-state index is 13.1. The zero-order valence-corrected chi connectivity index (χ0v) is 16.5. The van der Waals surface area contributed by atoms with Crippen molar-refractivity contribution in [1.82, 2.24) is 4.98 Å². The smallest absolute Gasteiger partial charge is 0.128 e. The Morgan fingerprint density at radius 2 is 1.72 bits per heavy atom. The summed E-state index contributed by atoms with van der Waals surface area (Å²) in [7, 11) is 0. The summed E-state index contributed by atoms with van der Waals surface area (Å²) in [4.78, 5) is 6.18. The summed E-state index contributed by atoms with van der Waals surface area (Å²) in [5.41, 5.74) is 4.17. The molecule has 1 aromatic heterocycles. The van der Waals surface area contributed by atoms with E-state index in [4.69, 9.17) is 9.72 Å². The van der Waals surface area contributed by atoms with Crippen molar-refractivity contribution in [3.8, 4) is 11.5 Å². The number of para-hydroxylation sites is 1. The van der Waals surface area contributed by atoms with Gasteiger partial charge in [0.05, 0.1) is 11.2 Å². The minimum Gasteiger partial charge on any atom is -0.457 e. The van der Waals surface area contributed by atoms with Crippen LogP contribution in [0.2, 0.25) is 0 Å². The van der Waals surface area contributed by atoms with Crippen LogP contribution in [0.4, 0.5) is 4.39 Å². The number of benzene rings is 3. The Labute approximate surface area is 173 Å². The van der Waals surface area contributed by atoms with E-state index in [1.807, 2.05) is 66.4 Å². The molecule has 0 amide bonds. The summed E-state index contributed by atoms with van der Waals surface area (Å²) in [6, 6.07) is 22.4. The summed E-state index contributed by atoms with van der Waals surface area (Å²) < 4.78 is 19.1. The molecule has 0 atom stereocenters. The number of rotatable bonds is 4. The third-order valence-electron chi connectivity index (χ3n) is 4.92.